The van der Waals surface area contributed by atoms with E-state index in [1.165, 1.54) is 28.9 Å². The van der Waals surface area contributed by atoms with Crippen LogP contribution in [0.2, 0.25) is 0 Å². The Morgan fingerprint density at radius 1 is 1.53 bits per heavy atom. The lowest BCUT2D eigenvalue weighted by Gasteiger charge is -2.14. The van der Waals surface area contributed by atoms with E-state index in [4.69, 9.17) is 5.11 Å². The molecule has 0 fully saturated rings. The van der Waals surface area contributed by atoms with Gasteiger partial charge in [0.2, 0.25) is 10.0 Å². The van der Waals surface area contributed by atoms with Crippen LogP contribution in [0.15, 0.2) is 34.7 Å². The smallest absolute Gasteiger partial charge is 0.352 e. The minimum Gasteiger partial charge on any atom is -0.477 e. The number of aromatic nitrogens is 1. The van der Waals surface area contributed by atoms with E-state index < -0.39 is 16.0 Å². The summed E-state index contributed by atoms with van der Waals surface area (Å²) in [7, 11) is -2.22. The number of carbonyl (C=O) groups is 1. The second-order valence-electron chi connectivity index (χ2n) is 3.89. The number of nitrogens with one attached hydrogen (secondary N) is 1. The molecule has 0 radical (unpaired) electrons. The summed E-state index contributed by atoms with van der Waals surface area (Å²) in [4.78, 5) is 14.0. The van der Waals surface area contributed by atoms with Crippen molar-refractivity contribution in [3.63, 3.8) is 0 Å². The first-order chi connectivity index (χ1) is 8.91. The number of rotatable bonds is 5. The Hall–Kier alpha value is -1.64. The fraction of sp³-hybridized carbons (Fsp3) is 0.182. The predicted octanol–water partition coefficient (Wildman–Crippen LogP) is 1.60. The van der Waals surface area contributed by atoms with Gasteiger partial charge in [0.05, 0.1) is 0 Å². The van der Waals surface area contributed by atoms with E-state index in [1.807, 2.05) is 17.5 Å². The van der Waals surface area contributed by atoms with Crippen molar-refractivity contribution in [1.29, 1.82) is 0 Å². The number of carboxylic acids is 1. The molecule has 0 aliphatic heterocycles. The molecule has 2 rings (SSSR count). The lowest BCUT2D eigenvalue weighted by molar-refractivity contribution is 0.0691. The summed E-state index contributed by atoms with van der Waals surface area (Å²) in [6, 6.07) is 4.80. The summed E-state index contributed by atoms with van der Waals surface area (Å²) in [6.45, 7) is 0.258. The van der Waals surface area contributed by atoms with Crippen molar-refractivity contribution in [1.82, 2.24) is 9.29 Å². The number of sulfonamides is 1. The van der Waals surface area contributed by atoms with Gasteiger partial charge in [0.25, 0.3) is 0 Å². The van der Waals surface area contributed by atoms with Crippen LogP contribution >= 0.6 is 11.3 Å². The van der Waals surface area contributed by atoms with Crippen LogP contribution in [-0.2, 0) is 16.6 Å². The number of aromatic carboxylic acids is 1. The highest BCUT2D eigenvalue weighted by atomic mass is 32.2. The lowest BCUT2D eigenvalue weighted by atomic mass is 10.4. The molecule has 8 heteroatoms. The van der Waals surface area contributed by atoms with Crippen molar-refractivity contribution in [2.24, 2.45) is 0 Å². The largest absolute Gasteiger partial charge is 0.477 e. The molecular formula is C11H12N2O4S2. The number of H-pyrrole nitrogens is 1. The van der Waals surface area contributed by atoms with Gasteiger partial charge < -0.3 is 10.1 Å². The summed E-state index contributed by atoms with van der Waals surface area (Å²) < 4.78 is 25.6. The normalized spacial score (nSPS) is 11.9. The Labute approximate surface area is 114 Å². The SMILES string of the molecule is CN(Cc1cccs1)S(=O)(=O)c1c[nH]c(C(=O)O)c1. The van der Waals surface area contributed by atoms with Gasteiger partial charge in [0.1, 0.15) is 10.6 Å². The predicted molar refractivity (Wildman–Crippen MR) is 70.7 cm³/mol. The highest BCUT2D eigenvalue weighted by Gasteiger charge is 2.23. The third kappa shape index (κ3) is 2.86. The quantitative estimate of drug-likeness (QED) is 0.877. The van der Waals surface area contributed by atoms with Gasteiger partial charge in [-0.3, -0.25) is 0 Å². The van der Waals surface area contributed by atoms with E-state index in [0.29, 0.717) is 0 Å². The number of hydrogen-bond donors (Lipinski definition) is 2. The first-order valence-corrected chi connectivity index (χ1v) is 7.63. The Bertz CT molecular complexity index is 673. The standard InChI is InChI=1S/C11H12N2O4S2/c1-13(7-8-3-2-4-18-8)19(16,17)9-5-10(11(14)15)12-6-9/h2-6,12H,7H2,1H3,(H,14,15). The van der Waals surface area contributed by atoms with Crippen molar-refractivity contribution >= 4 is 27.3 Å². The van der Waals surface area contributed by atoms with Crippen molar-refractivity contribution in [2.45, 2.75) is 11.4 Å². The van der Waals surface area contributed by atoms with Crippen LogP contribution in [0.4, 0.5) is 0 Å². The third-order valence-electron chi connectivity index (χ3n) is 2.55. The molecule has 0 aromatic carbocycles. The molecule has 0 spiro atoms. The summed E-state index contributed by atoms with van der Waals surface area (Å²) in [6.07, 6.45) is 1.18. The maximum Gasteiger partial charge on any atom is 0.352 e. The van der Waals surface area contributed by atoms with Crippen molar-refractivity contribution in [3.8, 4) is 0 Å². The van der Waals surface area contributed by atoms with Gasteiger partial charge in [-0.15, -0.1) is 11.3 Å². The Morgan fingerprint density at radius 2 is 2.26 bits per heavy atom. The summed E-state index contributed by atoms with van der Waals surface area (Å²) >= 11 is 1.46. The molecule has 0 amide bonds. The van der Waals surface area contributed by atoms with E-state index >= 15 is 0 Å². The fourth-order valence-corrected chi connectivity index (χ4v) is 3.52. The Balaban J connectivity index is 2.23. The van der Waals surface area contributed by atoms with Crippen LogP contribution in [0.3, 0.4) is 0 Å². The van der Waals surface area contributed by atoms with E-state index in [1.54, 1.807) is 0 Å². The number of carboxylic acid groups (broad SMARTS) is 1. The van der Waals surface area contributed by atoms with Gasteiger partial charge in [-0.05, 0) is 17.5 Å². The van der Waals surface area contributed by atoms with Crippen LogP contribution in [0.5, 0.6) is 0 Å². The molecule has 2 aromatic rings. The Morgan fingerprint density at radius 3 is 2.79 bits per heavy atom. The van der Waals surface area contributed by atoms with Gasteiger partial charge in [0.15, 0.2) is 0 Å². The second-order valence-corrected chi connectivity index (χ2v) is 6.97. The van der Waals surface area contributed by atoms with Crippen molar-refractivity contribution < 1.29 is 18.3 Å². The maximum atomic E-state index is 12.2. The minimum absolute atomic E-state index is 0.0519. The summed E-state index contributed by atoms with van der Waals surface area (Å²) in [5, 5.41) is 10.6. The monoisotopic (exact) mass is 300 g/mol. The molecular weight excluding hydrogens is 288 g/mol. The minimum atomic E-state index is -3.68. The van der Waals surface area contributed by atoms with Crippen LogP contribution in [0, 0.1) is 0 Å². The molecule has 0 atom stereocenters. The molecule has 0 saturated carbocycles. The van der Waals surface area contributed by atoms with Crippen molar-refractivity contribution in [2.75, 3.05) is 7.05 Å². The molecule has 0 unspecified atom stereocenters. The maximum absolute atomic E-state index is 12.2. The first kappa shape index (κ1) is 13.8. The molecule has 2 heterocycles. The zero-order valence-electron chi connectivity index (χ0n) is 10.0. The average molecular weight is 300 g/mol. The van der Waals surface area contributed by atoms with E-state index in [9.17, 15) is 13.2 Å². The van der Waals surface area contributed by atoms with E-state index in [2.05, 4.69) is 4.98 Å². The number of nitrogens with zero attached hydrogens (tertiary/aromatic N) is 1. The average Bonchev–Trinajstić information content (AvgIpc) is 2.99. The number of hydrogen-bond acceptors (Lipinski definition) is 4. The third-order valence-corrected chi connectivity index (χ3v) is 5.20. The first-order valence-electron chi connectivity index (χ1n) is 5.31. The Kier molecular flexibility index (Phi) is 3.74. The van der Waals surface area contributed by atoms with E-state index in [-0.39, 0.29) is 17.1 Å². The highest BCUT2D eigenvalue weighted by molar-refractivity contribution is 7.89. The topological polar surface area (TPSA) is 90.5 Å². The highest BCUT2D eigenvalue weighted by Crippen LogP contribution is 2.19. The fourth-order valence-electron chi connectivity index (χ4n) is 1.53. The van der Waals surface area contributed by atoms with Crippen molar-refractivity contribution in [3.05, 3.63) is 40.3 Å². The molecule has 0 saturated heterocycles. The summed E-state index contributed by atoms with van der Waals surface area (Å²) in [5.74, 6) is -1.19. The van der Waals surface area contributed by atoms with Gasteiger partial charge in [-0.2, -0.15) is 4.31 Å². The van der Waals surface area contributed by atoms with Gasteiger partial charge in [-0.1, -0.05) is 6.07 Å². The lowest BCUT2D eigenvalue weighted by Crippen LogP contribution is -2.25. The number of thiophene rings is 1. The van der Waals surface area contributed by atoms with Crippen LogP contribution in [-0.4, -0.2) is 35.8 Å². The number of aromatic amines is 1. The zero-order chi connectivity index (χ0) is 14.0. The molecule has 6 nitrogen and oxygen atoms in total. The van der Waals surface area contributed by atoms with Crippen LogP contribution < -0.4 is 0 Å². The second kappa shape index (κ2) is 5.16. The zero-order valence-corrected chi connectivity index (χ0v) is 11.7. The van der Waals surface area contributed by atoms with Gasteiger partial charge in [0, 0.05) is 24.7 Å². The molecule has 0 bridgehead atoms. The van der Waals surface area contributed by atoms with E-state index in [0.717, 1.165) is 10.9 Å². The molecule has 2 N–H and O–H groups in total. The van der Waals surface area contributed by atoms with Gasteiger partial charge in [-0.25, -0.2) is 13.2 Å². The molecule has 102 valence electrons. The molecule has 0 aliphatic rings. The van der Waals surface area contributed by atoms with Crippen LogP contribution in [0.1, 0.15) is 15.4 Å². The summed E-state index contributed by atoms with van der Waals surface area (Å²) in [5.41, 5.74) is -0.150. The van der Waals surface area contributed by atoms with Crippen LogP contribution in [0.25, 0.3) is 0 Å². The van der Waals surface area contributed by atoms with Gasteiger partial charge >= 0.3 is 5.97 Å². The molecule has 2 aromatic heterocycles. The molecule has 19 heavy (non-hydrogen) atoms. The molecule has 0 aliphatic carbocycles.